The molecule has 16 heavy (non-hydrogen) atoms. The third kappa shape index (κ3) is 3.17. The van der Waals surface area contributed by atoms with E-state index in [-0.39, 0.29) is 18.4 Å². The van der Waals surface area contributed by atoms with Crippen LogP contribution in [0.2, 0.25) is 0 Å². The number of hydrogen-bond acceptors (Lipinski definition) is 3. The van der Waals surface area contributed by atoms with Crippen LogP contribution in [0.1, 0.15) is 12.5 Å². The van der Waals surface area contributed by atoms with Crippen LogP contribution in [0.4, 0.5) is 4.39 Å². The quantitative estimate of drug-likeness (QED) is 0.906. The van der Waals surface area contributed by atoms with Gasteiger partial charge in [0, 0.05) is 13.7 Å². The molecule has 0 amide bonds. The maximum absolute atomic E-state index is 13.8. The zero-order chi connectivity index (χ0) is 12.1. The van der Waals surface area contributed by atoms with Crippen molar-refractivity contribution in [2.75, 3.05) is 13.7 Å². The Bertz CT molecular complexity index is 360. The molecule has 0 aliphatic carbocycles. The molecular formula is C11H15BrFNO2. The minimum atomic E-state index is -0.425. The van der Waals surface area contributed by atoms with Gasteiger partial charge >= 0.3 is 0 Å². The molecule has 0 fully saturated rings. The normalized spacial score (nSPS) is 12.6. The van der Waals surface area contributed by atoms with Crippen LogP contribution < -0.4 is 10.5 Å². The molecule has 0 saturated carbocycles. The van der Waals surface area contributed by atoms with E-state index in [1.807, 2.05) is 6.92 Å². The van der Waals surface area contributed by atoms with Crippen LogP contribution in [0.25, 0.3) is 0 Å². The smallest absolute Gasteiger partial charge is 0.179 e. The van der Waals surface area contributed by atoms with Crippen LogP contribution in [-0.2, 0) is 11.3 Å². The highest BCUT2D eigenvalue weighted by Gasteiger charge is 2.13. The van der Waals surface area contributed by atoms with Crippen molar-refractivity contribution in [2.45, 2.75) is 19.6 Å². The minimum Gasteiger partial charge on any atom is -0.485 e. The van der Waals surface area contributed by atoms with Crippen LogP contribution in [0, 0.1) is 5.82 Å². The first-order valence-electron chi connectivity index (χ1n) is 4.92. The highest BCUT2D eigenvalue weighted by atomic mass is 79.9. The Morgan fingerprint density at radius 3 is 2.75 bits per heavy atom. The second-order valence-corrected chi connectivity index (χ2v) is 4.23. The van der Waals surface area contributed by atoms with E-state index in [1.165, 1.54) is 0 Å². The van der Waals surface area contributed by atoms with E-state index in [1.54, 1.807) is 19.2 Å². The zero-order valence-corrected chi connectivity index (χ0v) is 10.9. The summed E-state index contributed by atoms with van der Waals surface area (Å²) in [4.78, 5) is 0. The van der Waals surface area contributed by atoms with Crippen molar-refractivity contribution in [3.05, 3.63) is 28.0 Å². The number of benzene rings is 1. The summed E-state index contributed by atoms with van der Waals surface area (Å²) in [7, 11) is 1.57. The van der Waals surface area contributed by atoms with Crippen molar-refractivity contribution < 1.29 is 13.9 Å². The summed E-state index contributed by atoms with van der Waals surface area (Å²) in [5.41, 5.74) is 6.17. The van der Waals surface area contributed by atoms with Crippen LogP contribution in [0.15, 0.2) is 16.6 Å². The van der Waals surface area contributed by atoms with Gasteiger partial charge in [-0.25, -0.2) is 4.39 Å². The van der Waals surface area contributed by atoms with Gasteiger partial charge in [0.05, 0.1) is 11.1 Å². The summed E-state index contributed by atoms with van der Waals surface area (Å²) in [6.07, 6.45) is -0.199. The second kappa shape index (κ2) is 6.18. The molecular weight excluding hydrogens is 277 g/mol. The maximum atomic E-state index is 13.8. The average molecular weight is 292 g/mol. The molecule has 5 heteroatoms. The predicted molar refractivity (Wildman–Crippen MR) is 64.0 cm³/mol. The summed E-state index contributed by atoms with van der Waals surface area (Å²) in [6, 6.07) is 3.32. The standard InChI is InChI=1S/C11H15BrFNO2/c1-7(6-15-2)16-9-4-3-8(5-14)10(12)11(9)13/h3-4,7H,5-6,14H2,1-2H3. The van der Waals surface area contributed by atoms with E-state index in [0.29, 0.717) is 16.6 Å². The SMILES string of the molecule is COCC(C)Oc1ccc(CN)c(Br)c1F. The highest BCUT2D eigenvalue weighted by Crippen LogP contribution is 2.29. The summed E-state index contributed by atoms with van der Waals surface area (Å²) < 4.78 is 24.4. The first-order chi connectivity index (χ1) is 7.60. The molecule has 0 radical (unpaired) electrons. The lowest BCUT2D eigenvalue weighted by molar-refractivity contribution is 0.0891. The van der Waals surface area contributed by atoms with Crippen molar-refractivity contribution in [1.29, 1.82) is 0 Å². The molecule has 0 saturated heterocycles. The van der Waals surface area contributed by atoms with Gasteiger partial charge < -0.3 is 15.2 Å². The van der Waals surface area contributed by atoms with Crippen molar-refractivity contribution in [3.8, 4) is 5.75 Å². The van der Waals surface area contributed by atoms with Crippen molar-refractivity contribution in [2.24, 2.45) is 5.73 Å². The first-order valence-corrected chi connectivity index (χ1v) is 5.72. The molecule has 1 atom stereocenters. The van der Waals surface area contributed by atoms with E-state index in [9.17, 15) is 4.39 Å². The number of rotatable bonds is 5. The second-order valence-electron chi connectivity index (χ2n) is 3.44. The van der Waals surface area contributed by atoms with Gasteiger partial charge in [0.25, 0.3) is 0 Å². The molecule has 0 aliphatic rings. The molecule has 3 nitrogen and oxygen atoms in total. The monoisotopic (exact) mass is 291 g/mol. The third-order valence-electron chi connectivity index (χ3n) is 2.08. The Balaban J connectivity index is 2.86. The first kappa shape index (κ1) is 13.4. The molecule has 1 rings (SSSR count). The van der Waals surface area contributed by atoms with Gasteiger partial charge in [-0.15, -0.1) is 0 Å². The summed E-state index contributed by atoms with van der Waals surface area (Å²) >= 11 is 3.15. The molecule has 2 N–H and O–H groups in total. The highest BCUT2D eigenvalue weighted by molar-refractivity contribution is 9.10. The van der Waals surface area contributed by atoms with E-state index in [2.05, 4.69) is 15.9 Å². The molecule has 90 valence electrons. The van der Waals surface area contributed by atoms with E-state index < -0.39 is 5.82 Å². The molecule has 0 bridgehead atoms. The lowest BCUT2D eigenvalue weighted by Gasteiger charge is -2.15. The molecule has 1 aromatic carbocycles. The van der Waals surface area contributed by atoms with Gasteiger partial charge in [-0.1, -0.05) is 6.07 Å². The fraction of sp³-hybridized carbons (Fsp3) is 0.455. The number of nitrogens with two attached hydrogens (primary N) is 1. The molecule has 1 unspecified atom stereocenters. The fourth-order valence-corrected chi connectivity index (χ4v) is 1.80. The van der Waals surface area contributed by atoms with Gasteiger partial charge in [0.2, 0.25) is 0 Å². The van der Waals surface area contributed by atoms with Gasteiger partial charge in [-0.2, -0.15) is 0 Å². The predicted octanol–water partition coefficient (Wildman–Crippen LogP) is 2.46. The lowest BCUT2D eigenvalue weighted by Crippen LogP contribution is -2.18. The Morgan fingerprint density at radius 2 is 2.19 bits per heavy atom. The molecule has 1 aromatic rings. The van der Waals surface area contributed by atoms with Gasteiger partial charge in [0.1, 0.15) is 6.10 Å². The van der Waals surface area contributed by atoms with E-state index in [0.717, 1.165) is 0 Å². The Kier molecular flexibility index (Phi) is 5.18. The van der Waals surface area contributed by atoms with E-state index in [4.69, 9.17) is 15.2 Å². The lowest BCUT2D eigenvalue weighted by atomic mass is 10.2. The summed E-state index contributed by atoms with van der Waals surface area (Å²) in [6.45, 7) is 2.51. The van der Waals surface area contributed by atoms with Crippen molar-refractivity contribution >= 4 is 15.9 Å². The van der Waals surface area contributed by atoms with Crippen LogP contribution in [-0.4, -0.2) is 19.8 Å². The molecule has 0 heterocycles. The molecule has 0 aliphatic heterocycles. The van der Waals surface area contributed by atoms with Crippen LogP contribution in [0.5, 0.6) is 5.75 Å². The molecule has 0 aromatic heterocycles. The number of hydrogen-bond donors (Lipinski definition) is 1. The Hall–Kier alpha value is -0.650. The summed E-state index contributed by atoms with van der Waals surface area (Å²) in [5, 5.41) is 0. The Labute approximate surface area is 103 Å². The van der Waals surface area contributed by atoms with Gasteiger partial charge in [-0.3, -0.25) is 0 Å². The number of ether oxygens (including phenoxy) is 2. The minimum absolute atomic E-state index is 0.199. The Morgan fingerprint density at radius 1 is 1.50 bits per heavy atom. The van der Waals surface area contributed by atoms with Gasteiger partial charge in [-0.05, 0) is 34.5 Å². The third-order valence-corrected chi connectivity index (χ3v) is 2.93. The molecule has 0 spiro atoms. The van der Waals surface area contributed by atoms with Gasteiger partial charge in [0.15, 0.2) is 11.6 Å². The summed E-state index contributed by atoms with van der Waals surface area (Å²) in [5.74, 6) is -0.223. The fourth-order valence-electron chi connectivity index (χ4n) is 1.31. The van der Waals surface area contributed by atoms with Crippen LogP contribution >= 0.6 is 15.9 Å². The van der Waals surface area contributed by atoms with E-state index >= 15 is 0 Å². The van der Waals surface area contributed by atoms with Crippen molar-refractivity contribution in [3.63, 3.8) is 0 Å². The number of halogens is 2. The topological polar surface area (TPSA) is 44.5 Å². The van der Waals surface area contributed by atoms with Crippen LogP contribution in [0.3, 0.4) is 0 Å². The maximum Gasteiger partial charge on any atom is 0.179 e. The number of methoxy groups -OCH3 is 1. The largest absolute Gasteiger partial charge is 0.485 e. The van der Waals surface area contributed by atoms with Crippen molar-refractivity contribution in [1.82, 2.24) is 0 Å². The zero-order valence-electron chi connectivity index (χ0n) is 9.30. The average Bonchev–Trinajstić information content (AvgIpc) is 2.25.